The first kappa shape index (κ1) is 11.7. The van der Waals surface area contributed by atoms with Gasteiger partial charge in [-0.05, 0) is 37.5 Å². The average molecular weight is 267 g/mol. The minimum atomic E-state index is 0.548. The van der Waals surface area contributed by atoms with Crippen LogP contribution in [0.25, 0.3) is 22.4 Å². The number of H-pyrrole nitrogens is 1. The zero-order valence-corrected chi connectivity index (χ0v) is 11.4. The summed E-state index contributed by atoms with van der Waals surface area (Å²) in [4.78, 5) is 4.83. The molecular formula is C15H17N5. The van der Waals surface area contributed by atoms with Gasteiger partial charge in [0.15, 0.2) is 0 Å². The summed E-state index contributed by atoms with van der Waals surface area (Å²) < 4.78 is 2.35. The fraction of sp³-hybridized carbons (Fsp3) is 0.333. The topological polar surface area (TPSA) is 72.5 Å². The smallest absolute Gasteiger partial charge is 0.144 e. The highest BCUT2D eigenvalue weighted by atomic mass is 15.2. The van der Waals surface area contributed by atoms with Gasteiger partial charge in [-0.1, -0.05) is 6.07 Å². The van der Waals surface area contributed by atoms with Crippen molar-refractivity contribution in [2.75, 3.05) is 0 Å². The molecule has 1 aliphatic carbocycles. The Kier molecular flexibility index (Phi) is 2.44. The van der Waals surface area contributed by atoms with Gasteiger partial charge in [-0.15, -0.1) is 0 Å². The molecule has 102 valence electrons. The maximum atomic E-state index is 5.73. The minimum absolute atomic E-state index is 0.548. The molecular weight excluding hydrogens is 250 g/mol. The van der Waals surface area contributed by atoms with Gasteiger partial charge in [0.05, 0.1) is 22.8 Å². The number of aromatic nitrogens is 4. The van der Waals surface area contributed by atoms with E-state index in [4.69, 9.17) is 10.7 Å². The number of nitrogens with one attached hydrogen (secondary N) is 1. The second kappa shape index (κ2) is 4.18. The molecule has 0 atom stereocenters. The van der Waals surface area contributed by atoms with Crippen molar-refractivity contribution < 1.29 is 0 Å². The predicted molar refractivity (Wildman–Crippen MR) is 78.2 cm³/mol. The normalized spacial score (nSPS) is 15.1. The van der Waals surface area contributed by atoms with Crippen LogP contribution in [0, 0.1) is 6.92 Å². The lowest BCUT2D eigenvalue weighted by atomic mass is 10.2. The Hall–Kier alpha value is -2.14. The Morgan fingerprint density at radius 2 is 2.25 bits per heavy atom. The van der Waals surface area contributed by atoms with Gasteiger partial charge in [-0.25, -0.2) is 4.98 Å². The molecule has 0 aliphatic heterocycles. The number of hydrogen-bond donors (Lipinski definition) is 2. The highest BCUT2D eigenvalue weighted by molar-refractivity contribution is 5.82. The van der Waals surface area contributed by atoms with Crippen LogP contribution >= 0.6 is 0 Å². The number of aromatic amines is 1. The van der Waals surface area contributed by atoms with Crippen molar-refractivity contribution in [3.63, 3.8) is 0 Å². The van der Waals surface area contributed by atoms with Gasteiger partial charge in [-0.2, -0.15) is 5.10 Å². The van der Waals surface area contributed by atoms with Crippen LogP contribution in [0.15, 0.2) is 24.4 Å². The molecule has 5 heteroatoms. The highest BCUT2D eigenvalue weighted by Crippen LogP contribution is 2.41. The third kappa shape index (κ3) is 1.67. The first-order valence-electron chi connectivity index (χ1n) is 6.99. The zero-order valence-electron chi connectivity index (χ0n) is 11.4. The molecule has 1 aromatic carbocycles. The van der Waals surface area contributed by atoms with E-state index in [1.165, 1.54) is 18.4 Å². The number of aryl methyl sites for hydroxylation is 1. The summed E-state index contributed by atoms with van der Waals surface area (Å²) in [5.74, 6) is 1.02. The predicted octanol–water partition coefficient (Wildman–Crippen LogP) is 2.53. The lowest BCUT2D eigenvalue weighted by Crippen LogP contribution is -1.98. The largest absolute Gasteiger partial charge is 0.326 e. The average Bonchev–Trinajstić information content (AvgIpc) is 3.10. The number of nitrogens with two attached hydrogens (primary N) is 1. The molecule has 3 aromatic rings. The standard InChI is InChI=1S/C15H17N5/c1-9-12(8-17-19-9)15-18-13-6-10(7-16)2-5-14(13)20(15)11-3-4-11/h2,5-6,8,11H,3-4,7,16H2,1H3,(H,17,19). The molecule has 0 amide bonds. The number of fused-ring (bicyclic) bond motifs is 1. The molecule has 2 aromatic heterocycles. The van der Waals surface area contributed by atoms with E-state index in [0.29, 0.717) is 12.6 Å². The van der Waals surface area contributed by atoms with Crippen molar-refractivity contribution in [1.82, 2.24) is 19.7 Å². The van der Waals surface area contributed by atoms with E-state index in [0.717, 1.165) is 28.2 Å². The van der Waals surface area contributed by atoms with E-state index in [1.807, 2.05) is 13.1 Å². The second-order valence-corrected chi connectivity index (χ2v) is 5.47. The molecule has 0 saturated heterocycles. The van der Waals surface area contributed by atoms with Gasteiger partial charge >= 0.3 is 0 Å². The van der Waals surface area contributed by atoms with Gasteiger partial charge in [0.25, 0.3) is 0 Å². The summed E-state index contributed by atoms with van der Waals surface area (Å²) in [7, 11) is 0. The Morgan fingerprint density at radius 1 is 1.40 bits per heavy atom. The third-order valence-corrected chi connectivity index (χ3v) is 3.97. The first-order chi connectivity index (χ1) is 9.78. The van der Waals surface area contributed by atoms with E-state index in [1.54, 1.807) is 0 Å². The molecule has 0 unspecified atom stereocenters. The first-order valence-corrected chi connectivity index (χ1v) is 6.99. The molecule has 3 N–H and O–H groups in total. The zero-order chi connectivity index (χ0) is 13.7. The van der Waals surface area contributed by atoms with Crippen LogP contribution < -0.4 is 5.73 Å². The van der Waals surface area contributed by atoms with E-state index >= 15 is 0 Å². The highest BCUT2D eigenvalue weighted by Gasteiger charge is 2.29. The summed E-state index contributed by atoms with van der Waals surface area (Å²) >= 11 is 0. The monoisotopic (exact) mass is 267 g/mol. The molecule has 4 rings (SSSR count). The number of nitrogens with zero attached hydrogens (tertiary/aromatic N) is 3. The maximum absolute atomic E-state index is 5.73. The maximum Gasteiger partial charge on any atom is 0.144 e. The molecule has 0 radical (unpaired) electrons. The van der Waals surface area contributed by atoms with Crippen LogP contribution in [-0.4, -0.2) is 19.7 Å². The van der Waals surface area contributed by atoms with Crippen molar-refractivity contribution in [2.45, 2.75) is 32.4 Å². The van der Waals surface area contributed by atoms with Gasteiger partial charge in [0.2, 0.25) is 0 Å². The Balaban J connectivity index is 1.99. The molecule has 0 spiro atoms. The molecule has 2 heterocycles. The van der Waals surface area contributed by atoms with Gasteiger partial charge in [0.1, 0.15) is 5.82 Å². The van der Waals surface area contributed by atoms with Crippen LogP contribution in [0.4, 0.5) is 0 Å². The lowest BCUT2D eigenvalue weighted by Gasteiger charge is -2.06. The summed E-state index contributed by atoms with van der Waals surface area (Å²) in [6.45, 7) is 2.58. The van der Waals surface area contributed by atoms with E-state index in [2.05, 4.69) is 33.0 Å². The van der Waals surface area contributed by atoms with Gasteiger partial charge < -0.3 is 10.3 Å². The second-order valence-electron chi connectivity index (χ2n) is 5.47. The van der Waals surface area contributed by atoms with Crippen molar-refractivity contribution in [3.05, 3.63) is 35.7 Å². The number of imidazole rings is 1. The van der Waals surface area contributed by atoms with E-state index in [-0.39, 0.29) is 0 Å². The van der Waals surface area contributed by atoms with Crippen molar-refractivity contribution >= 4 is 11.0 Å². The quantitative estimate of drug-likeness (QED) is 0.766. The fourth-order valence-electron chi connectivity index (χ4n) is 2.74. The van der Waals surface area contributed by atoms with E-state index < -0.39 is 0 Å². The summed E-state index contributed by atoms with van der Waals surface area (Å²) in [5.41, 5.74) is 11.2. The van der Waals surface area contributed by atoms with Crippen LogP contribution in [0.5, 0.6) is 0 Å². The number of rotatable bonds is 3. The Morgan fingerprint density at radius 3 is 2.90 bits per heavy atom. The molecule has 5 nitrogen and oxygen atoms in total. The van der Waals surface area contributed by atoms with Crippen molar-refractivity contribution in [3.8, 4) is 11.4 Å². The summed E-state index contributed by atoms with van der Waals surface area (Å²) in [5, 5.41) is 7.12. The van der Waals surface area contributed by atoms with E-state index in [9.17, 15) is 0 Å². The summed E-state index contributed by atoms with van der Waals surface area (Å²) in [6, 6.07) is 6.90. The van der Waals surface area contributed by atoms with Crippen LogP contribution in [0.2, 0.25) is 0 Å². The lowest BCUT2D eigenvalue weighted by molar-refractivity contribution is 0.774. The number of benzene rings is 1. The van der Waals surface area contributed by atoms with Crippen LogP contribution in [-0.2, 0) is 6.54 Å². The Bertz CT molecular complexity index is 779. The fourth-order valence-corrected chi connectivity index (χ4v) is 2.74. The molecule has 1 fully saturated rings. The summed E-state index contributed by atoms with van der Waals surface area (Å²) in [6.07, 6.45) is 4.32. The SMILES string of the molecule is Cc1[nH]ncc1-c1nc2cc(CN)ccc2n1C1CC1. The number of hydrogen-bond acceptors (Lipinski definition) is 3. The minimum Gasteiger partial charge on any atom is -0.326 e. The van der Waals surface area contributed by atoms with Gasteiger partial charge in [-0.3, -0.25) is 5.10 Å². The van der Waals surface area contributed by atoms with Crippen LogP contribution in [0.3, 0.4) is 0 Å². The van der Waals surface area contributed by atoms with Crippen molar-refractivity contribution in [1.29, 1.82) is 0 Å². The molecule has 1 saturated carbocycles. The molecule has 20 heavy (non-hydrogen) atoms. The molecule has 1 aliphatic rings. The Labute approximate surface area is 116 Å². The van der Waals surface area contributed by atoms with Crippen molar-refractivity contribution in [2.24, 2.45) is 5.73 Å². The third-order valence-electron chi connectivity index (χ3n) is 3.97. The van der Waals surface area contributed by atoms with Gasteiger partial charge in [0, 0.05) is 18.3 Å². The molecule has 0 bridgehead atoms. The van der Waals surface area contributed by atoms with Crippen LogP contribution in [0.1, 0.15) is 30.1 Å².